The third kappa shape index (κ3) is 5.27. The first-order valence-electron chi connectivity index (χ1n) is 6.95. The molecule has 9 heteroatoms. The first kappa shape index (κ1) is 17.3. The molecule has 1 atom stereocenters. The van der Waals surface area contributed by atoms with E-state index in [0.29, 0.717) is 23.9 Å². The number of benzene rings is 1. The van der Waals surface area contributed by atoms with E-state index in [-0.39, 0.29) is 17.6 Å². The van der Waals surface area contributed by atoms with Crippen LogP contribution in [0.15, 0.2) is 24.3 Å². The highest BCUT2D eigenvalue weighted by molar-refractivity contribution is 7.80. The number of carbonyl (C=O) groups excluding carboxylic acids is 1. The molecule has 1 aromatic rings. The minimum Gasteiger partial charge on any atom is -0.406 e. The van der Waals surface area contributed by atoms with Crippen LogP contribution in [0.2, 0.25) is 0 Å². The molecule has 1 aromatic carbocycles. The highest BCUT2D eigenvalue weighted by Crippen LogP contribution is 2.24. The number of hydrogen-bond donors (Lipinski definition) is 2. The molecule has 0 spiro atoms. The Bertz CT molecular complexity index is 578. The lowest BCUT2D eigenvalue weighted by atomic mass is 9.98. The number of alkyl halides is 3. The molecule has 1 aliphatic heterocycles. The van der Waals surface area contributed by atoms with E-state index in [1.807, 2.05) is 4.90 Å². The molecule has 5 nitrogen and oxygen atoms in total. The second-order valence-electron chi connectivity index (χ2n) is 5.19. The molecule has 3 N–H and O–H groups in total. The zero-order chi connectivity index (χ0) is 17.0. The number of nitrogens with zero attached hydrogens (tertiary/aromatic N) is 1. The van der Waals surface area contributed by atoms with E-state index in [1.54, 1.807) is 0 Å². The summed E-state index contributed by atoms with van der Waals surface area (Å²) >= 11 is 5.27. The second kappa shape index (κ2) is 7.03. The molecule has 0 aliphatic carbocycles. The van der Waals surface area contributed by atoms with Gasteiger partial charge in [-0.25, -0.2) is 0 Å². The summed E-state index contributed by atoms with van der Waals surface area (Å²) in [5.41, 5.74) is 5.85. The lowest BCUT2D eigenvalue weighted by Crippen LogP contribution is -2.45. The molecule has 2 rings (SSSR count). The van der Waals surface area contributed by atoms with E-state index in [9.17, 15) is 18.0 Å². The van der Waals surface area contributed by atoms with Crippen molar-refractivity contribution in [3.8, 4) is 5.75 Å². The van der Waals surface area contributed by atoms with E-state index >= 15 is 0 Å². The van der Waals surface area contributed by atoms with Crippen LogP contribution in [-0.4, -0.2) is 35.4 Å². The summed E-state index contributed by atoms with van der Waals surface area (Å²) in [6.07, 6.45) is -3.19. The Balaban J connectivity index is 1.93. The Morgan fingerprint density at radius 1 is 1.35 bits per heavy atom. The van der Waals surface area contributed by atoms with Gasteiger partial charge in [-0.2, -0.15) is 0 Å². The minimum absolute atomic E-state index is 0.244. The largest absolute Gasteiger partial charge is 0.573 e. The fourth-order valence-corrected chi connectivity index (χ4v) is 2.62. The number of amides is 1. The predicted molar refractivity (Wildman–Crippen MR) is 82.8 cm³/mol. The van der Waals surface area contributed by atoms with Gasteiger partial charge in [0.2, 0.25) is 5.91 Å². The van der Waals surface area contributed by atoms with Gasteiger partial charge in [0.25, 0.3) is 0 Å². The van der Waals surface area contributed by atoms with Crippen LogP contribution in [0.4, 0.5) is 18.9 Å². The molecule has 1 fully saturated rings. The molecule has 23 heavy (non-hydrogen) atoms. The lowest BCUT2D eigenvalue weighted by molar-refractivity contribution is -0.274. The van der Waals surface area contributed by atoms with Crippen molar-refractivity contribution in [1.82, 2.24) is 4.90 Å². The Hall–Kier alpha value is -2.03. The number of halogens is 3. The van der Waals surface area contributed by atoms with Gasteiger partial charge in [0.15, 0.2) is 5.11 Å². The van der Waals surface area contributed by atoms with Gasteiger partial charge in [-0.05, 0) is 49.3 Å². The maximum atomic E-state index is 12.1. The van der Waals surface area contributed by atoms with Gasteiger partial charge in [-0.15, -0.1) is 13.2 Å². The summed E-state index contributed by atoms with van der Waals surface area (Å²) in [6, 6.07) is 5.26. The topological polar surface area (TPSA) is 67.6 Å². The van der Waals surface area contributed by atoms with Gasteiger partial charge in [0, 0.05) is 18.8 Å². The Morgan fingerprint density at radius 2 is 2.00 bits per heavy atom. The summed E-state index contributed by atoms with van der Waals surface area (Å²) in [5.74, 6) is -0.905. The zero-order valence-corrected chi connectivity index (χ0v) is 12.9. The molecule has 0 aromatic heterocycles. The van der Waals surface area contributed by atoms with Gasteiger partial charge in [-0.3, -0.25) is 4.79 Å². The molecule has 0 bridgehead atoms. The zero-order valence-electron chi connectivity index (χ0n) is 12.1. The van der Waals surface area contributed by atoms with Gasteiger partial charge >= 0.3 is 6.36 Å². The van der Waals surface area contributed by atoms with Crippen molar-refractivity contribution < 1.29 is 22.7 Å². The smallest absolute Gasteiger partial charge is 0.406 e. The molecular formula is C14H16F3N3O2S. The van der Waals surface area contributed by atoms with E-state index in [0.717, 1.165) is 12.8 Å². The Morgan fingerprint density at radius 3 is 2.57 bits per heavy atom. The number of primary amides is 1. The number of thiocarbonyl (C=S) groups is 1. The third-order valence-electron chi connectivity index (χ3n) is 3.45. The minimum atomic E-state index is -4.72. The average Bonchev–Trinajstić information content (AvgIpc) is 2.48. The number of ether oxygens (including phenoxy) is 1. The summed E-state index contributed by atoms with van der Waals surface area (Å²) in [7, 11) is 0. The Kier molecular flexibility index (Phi) is 5.30. The lowest BCUT2D eigenvalue weighted by Gasteiger charge is -2.33. The van der Waals surface area contributed by atoms with Crippen LogP contribution < -0.4 is 15.8 Å². The van der Waals surface area contributed by atoms with E-state index in [4.69, 9.17) is 18.0 Å². The van der Waals surface area contributed by atoms with Crippen molar-refractivity contribution >= 4 is 28.9 Å². The van der Waals surface area contributed by atoms with E-state index in [2.05, 4.69) is 10.1 Å². The van der Waals surface area contributed by atoms with Crippen molar-refractivity contribution in [1.29, 1.82) is 0 Å². The SMILES string of the molecule is NC(=O)[C@@H]1CCCN(C(=S)Nc2ccc(OC(F)(F)F)cc2)C1. The number of anilines is 1. The normalized spacial score (nSPS) is 18.4. The number of hydrogen-bond acceptors (Lipinski definition) is 3. The maximum Gasteiger partial charge on any atom is 0.573 e. The highest BCUT2D eigenvalue weighted by atomic mass is 32.1. The van der Waals surface area contributed by atoms with Crippen LogP contribution >= 0.6 is 12.2 Å². The second-order valence-corrected chi connectivity index (χ2v) is 5.58. The van der Waals surface area contributed by atoms with Crippen LogP contribution in [0.5, 0.6) is 5.75 Å². The van der Waals surface area contributed by atoms with Crippen molar-refractivity contribution in [3.05, 3.63) is 24.3 Å². The summed E-state index contributed by atoms with van der Waals surface area (Å²) in [4.78, 5) is 13.1. The van der Waals surface area contributed by atoms with Crippen molar-refractivity contribution in [2.75, 3.05) is 18.4 Å². The first-order valence-corrected chi connectivity index (χ1v) is 7.36. The Labute approximate surface area is 136 Å². The molecular weight excluding hydrogens is 331 g/mol. The molecule has 0 saturated carbocycles. The van der Waals surface area contributed by atoms with E-state index < -0.39 is 6.36 Å². The van der Waals surface area contributed by atoms with Crippen LogP contribution in [0.25, 0.3) is 0 Å². The average molecular weight is 347 g/mol. The molecule has 1 amide bonds. The molecule has 1 saturated heterocycles. The molecule has 1 heterocycles. The number of nitrogens with one attached hydrogen (secondary N) is 1. The summed E-state index contributed by atoms with van der Waals surface area (Å²) in [5, 5.41) is 3.33. The predicted octanol–water partition coefficient (Wildman–Crippen LogP) is 2.48. The first-order chi connectivity index (χ1) is 10.7. The number of rotatable bonds is 3. The standard InChI is InChI=1S/C14H16F3N3O2S/c15-14(16,17)22-11-5-3-10(4-6-11)19-13(23)20-7-1-2-9(8-20)12(18)21/h3-6,9H,1-2,7-8H2,(H2,18,21)(H,19,23)/t9-/m1/s1. The van der Waals surface area contributed by atoms with Crippen molar-refractivity contribution in [2.24, 2.45) is 11.7 Å². The number of likely N-dealkylation sites (tertiary alicyclic amines) is 1. The van der Waals surface area contributed by atoms with Crippen LogP contribution in [0.1, 0.15) is 12.8 Å². The fourth-order valence-electron chi connectivity index (χ4n) is 2.34. The van der Waals surface area contributed by atoms with Crippen LogP contribution in [0, 0.1) is 5.92 Å². The molecule has 0 unspecified atom stereocenters. The van der Waals surface area contributed by atoms with Gasteiger partial charge in [0.1, 0.15) is 5.75 Å². The maximum absolute atomic E-state index is 12.1. The summed E-state index contributed by atoms with van der Waals surface area (Å²) in [6.45, 7) is 1.14. The number of piperidine rings is 1. The molecule has 1 aliphatic rings. The van der Waals surface area contributed by atoms with Crippen LogP contribution in [0.3, 0.4) is 0 Å². The van der Waals surface area contributed by atoms with Crippen LogP contribution in [-0.2, 0) is 4.79 Å². The summed E-state index contributed by atoms with van der Waals surface area (Å²) < 4.78 is 40.1. The number of nitrogens with two attached hydrogens (primary N) is 1. The molecule has 0 radical (unpaired) electrons. The van der Waals surface area contributed by atoms with Gasteiger partial charge < -0.3 is 20.7 Å². The van der Waals surface area contributed by atoms with E-state index in [1.165, 1.54) is 24.3 Å². The van der Waals surface area contributed by atoms with Gasteiger partial charge in [0.05, 0.1) is 5.92 Å². The highest BCUT2D eigenvalue weighted by Gasteiger charge is 2.31. The third-order valence-corrected chi connectivity index (χ3v) is 3.81. The molecule has 126 valence electrons. The van der Waals surface area contributed by atoms with Crippen molar-refractivity contribution in [3.63, 3.8) is 0 Å². The van der Waals surface area contributed by atoms with Crippen molar-refractivity contribution in [2.45, 2.75) is 19.2 Å². The fraction of sp³-hybridized carbons (Fsp3) is 0.429. The number of carbonyl (C=O) groups is 1. The monoisotopic (exact) mass is 347 g/mol. The quantitative estimate of drug-likeness (QED) is 0.823. The van der Waals surface area contributed by atoms with Gasteiger partial charge in [-0.1, -0.05) is 0 Å².